The maximum Gasteiger partial charge on any atom is 0.243 e. The van der Waals surface area contributed by atoms with Crippen molar-refractivity contribution < 1.29 is 4.79 Å². The first-order valence-electron chi connectivity index (χ1n) is 6.92. The monoisotopic (exact) mass is 324 g/mol. The summed E-state index contributed by atoms with van der Waals surface area (Å²) in [4.78, 5) is 12.1. The Bertz CT molecular complexity index is 463. The second-order valence-corrected chi connectivity index (χ2v) is 6.15. The molecule has 0 spiro atoms. The third-order valence-corrected chi connectivity index (χ3v) is 4.93. The zero-order valence-electron chi connectivity index (χ0n) is 11.3. The number of amides is 1. The molecule has 2 atom stereocenters. The van der Waals surface area contributed by atoms with Crippen LogP contribution in [0.5, 0.6) is 0 Å². The fourth-order valence-electron chi connectivity index (χ4n) is 3.15. The number of benzene rings is 1. The predicted octanol–water partition coefficient (Wildman–Crippen LogP) is 3.69. The lowest BCUT2D eigenvalue weighted by molar-refractivity contribution is -0.125. The molecule has 1 aliphatic rings. The molecule has 104 valence electrons. The van der Waals surface area contributed by atoms with E-state index in [0.29, 0.717) is 5.92 Å². The second kappa shape index (κ2) is 5.95. The van der Waals surface area contributed by atoms with Crippen LogP contribution in [0.1, 0.15) is 39.0 Å². The molecule has 1 amide bonds. The highest BCUT2D eigenvalue weighted by Crippen LogP contribution is 2.39. The minimum atomic E-state index is -0.600. The van der Waals surface area contributed by atoms with E-state index in [1.807, 2.05) is 24.3 Å². The molecule has 0 heterocycles. The summed E-state index contributed by atoms with van der Waals surface area (Å²) in [5.74, 6) is 0.0839. The van der Waals surface area contributed by atoms with Crippen LogP contribution < -0.4 is 11.1 Å². The zero-order chi connectivity index (χ0) is 13.9. The van der Waals surface area contributed by atoms with Crippen LogP contribution in [0.15, 0.2) is 28.7 Å². The third-order valence-electron chi connectivity index (χ3n) is 4.23. The third kappa shape index (κ3) is 2.78. The van der Waals surface area contributed by atoms with E-state index in [0.717, 1.165) is 35.8 Å². The molecular weight excluding hydrogens is 304 g/mol. The second-order valence-electron chi connectivity index (χ2n) is 5.29. The summed E-state index contributed by atoms with van der Waals surface area (Å²) in [7, 11) is 0. The first-order chi connectivity index (χ1) is 9.10. The van der Waals surface area contributed by atoms with Crippen molar-refractivity contribution in [3.8, 4) is 0 Å². The number of nitrogens with one attached hydrogen (secondary N) is 1. The van der Waals surface area contributed by atoms with Crippen LogP contribution in [0.25, 0.3) is 0 Å². The van der Waals surface area contributed by atoms with Crippen molar-refractivity contribution >= 4 is 27.5 Å². The first kappa shape index (κ1) is 14.4. The highest BCUT2D eigenvalue weighted by molar-refractivity contribution is 9.10. The number of rotatable bonds is 4. The minimum Gasteiger partial charge on any atom is -0.370 e. The van der Waals surface area contributed by atoms with Crippen molar-refractivity contribution in [2.24, 2.45) is 11.7 Å². The topological polar surface area (TPSA) is 55.1 Å². The van der Waals surface area contributed by atoms with E-state index in [2.05, 4.69) is 28.2 Å². The van der Waals surface area contributed by atoms with Gasteiger partial charge in [-0.1, -0.05) is 38.3 Å². The number of para-hydroxylation sites is 1. The van der Waals surface area contributed by atoms with E-state index in [1.54, 1.807) is 0 Å². The SMILES string of the molecule is CCC1CCCCC1(Nc1ccccc1Br)C(N)=O. The average Bonchev–Trinajstić information content (AvgIpc) is 2.41. The summed E-state index contributed by atoms with van der Waals surface area (Å²) in [5.41, 5.74) is 6.09. The van der Waals surface area contributed by atoms with E-state index >= 15 is 0 Å². The van der Waals surface area contributed by atoms with Crippen molar-refractivity contribution in [1.29, 1.82) is 0 Å². The van der Waals surface area contributed by atoms with E-state index in [4.69, 9.17) is 5.73 Å². The molecule has 3 nitrogen and oxygen atoms in total. The lowest BCUT2D eigenvalue weighted by Gasteiger charge is -2.43. The Labute approximate surface area is 123 Å². The molecular formula is C15H21BrN2O. The molecule has 0 saturated heterocycles. The first-order valence-corrected chi connectivity index (χ1v) is 7.72. The number of primary amides is 1. The lowest BCUT2D eigenvalue weighted by Crippen LogP contribution is -2.57. The molecule has 2 rings (SSSR count). The van der Waals surface area contributed by atoms with Crippen LogP contribution in [0.2, 0.25) is 0 Å². The van der Waals surface area contributed by atoms with Gasteiger partial charge in [-0.15, -0.1) is 0 Å². The number of anilines is 1. The maximum absolute atomic E-state index is 12.1. The maximum atomic E-state index is 12.1. The standard InChI is InChI=1S/C15H21BrN2O/c1-2-11-7-5-6-10-15(11,14(17)19)18-13-9-4-3-8-12(13)16/h3-4,8-9,11,18H,2,5-7,10H2,1H3,(H2,17,19). The van der Waals surface area contributed by atoms with Crippen molar-refractivity contribution in [2.75, 3.05) is 5.32 Å². The van der Waals surface area contributed by atoms with Gasteiger partial charge in [0, 0.05) is 10.2 Å². The molecule has 1 aromatic carbocycles. The van der Waals surface area contributed by atoms with Gasteiger partial charge in [0.1, 0.15) is 5.54 Å². The van der Waals surface area contributed by atoms with Crippen LogP contribution >= 0.6 is 15.9 Å². The minimum absolute atomic E-state index is 0.227. The largest absolute Gasteiger partial charge is 0.370 e. The van der Waals surface area contributed by atoms with Gasteiger partial charge in [-0.2, -0.15) is 0 Å². The van der Waals surface area contributed by atoms with Gasteiger partial charge in [0.2, 0.25) is 5.91 Å². The number of nitrogens with two attached hydrogens (primary N) is 1. The van der Waals surface area contributed by atoms with Crippen LogP contribution in [-0.4, -0.2) is 11.4 Å². The molecule has 1 saturated carbocycles. The Morgan fingerprint density at radius 2 is 2.21 bits per heavy atom. The molecule has 4 heteroatoms. The molecule has 2 unspecified atom stereocenters. The molecule has 0 aromatic heterocycles. The molecule has 0 bridgehead atoms. The van der Waals surface area contributed by atoms with E-state index in [1.165, 1.54) is 6.42 Å². The molecule has 0 radical (unpaired) electrons. The van der Waals surface area contributed by atoms with Crippen molar-refractivity contribution in [2.45, 2.75) is 44.6 Å². The molecule has 3 N–H and O–H groups in total. The summed E-state index contributed by atoms with van der Waals surface area (Å²) in [6.45, 7) is 2.13. The molecule has 19 heavy (non-hydrogen) atoms. The highest BCUT2D eigenvalue weighted by Gasteiger charge is 2.45. The van der Waals surface area contributed by atoms with E-state index in [9.17, 15) is 4.79 Å². The Morgan fingerprint density at radius 1 is 1.47 bits per heavy atom. The Kier molecular flexibility index (Phi) is 4.50. The van der Waals surface area contributed by atoms with Gasteiger partial charge in [0.15, 0.2) is 0 Å². The van der Waals surface area contributed by atoms with Crippen molar-refractivity contribution in [1.82, 2.24) is 0 Å². The van der Waals surface area contributed by atoms with Gasteiger partial charge in [-0.3, -0.25) is 4.79 Å². The normalized spacial score (nSPS) is 26.9. The summed E-state index contributed by atoms with van der Waals surface area (Å²) in [6, 6.07) is 7.88. The zero-order valence-corrected chi connectivity index (χ0v) is 12.9. The van der Waals surface area contributed by atoms with Crippen molar-refractivity contribution in [3.63, 3.8) is 0 Å². The average molecular weight is 325 g/mol. The van der Waals surface area contributed by atoms with Gasteiger partial charge in [0.25, 0.3) is 0 Å². The molecule has 1 aliphatic carbocycles. The lowest BCUT2D eigenvalue weighted by atomic mass is 9.70. The van der Waals surface area contributed by atoms with Crippen LogP contribution in [-0.2, 0) is 4.79 Å². The summed E-state index contributed by atoms with van der Waals surface area (Å²) in [6.07, 6.45) is 5.10. The molecule has 1 aromatic rings. The number of hydrogen-bond donors (Lipinski definition) is 2. The Morgan fingerprint density at radius 3 is 2.84 bits per heavy atom. The summed E-state index contributed by atoms with van der Waals surface area (Å²) in [5, 5.41) is 3.44. The summed E-state index contributed by atoms with van der Waals surface area (Å²) >= 11 is 3.52. The number of carbonyl (C=O) groups excluding carboxylic acids is 1. The van der Waals surface area contributed by atoms with Crippen LogP contribution in [0.4, 0.5) is 5.69 Å². The number of carbonyl (C=O) groups is 1. The van der Waals surface area contributed by atoms with Crippen LogP contribution in [0.3, 0.4) is 0 Å². The molecule has 0 aliphatic heterocycles. The van der Waals surface area contributed by atoms with Gasteiger partial charge in [0.05, 0.1) is 0 Å². The quantitative estimate of drug-likeness (QED) is 0.887. The van der Waals surface area contributed by atoms with Gasteiger partial charge < -0.3 is 11.1 Å². The fraction of sp³-hybridized carbons (Fsp3) is 0.533. The molecule has 1 fully saturated rings. The van der Waals surface area contributed by atoms with Gasteiger partial charge >= 0.3 is 0 Å². The summed E-state index contributed by atoms with van der Waals surface area (Å²) < 4.78 is 0.969. The predicted molar refractivity (Wildman–Crippen MR) is 81.9 cm³/mol. The van der Waals surface area contributed by atoms with Gasteiger partial charge in [-0.05, 0) is 46.8 Å². The highest BCUT2D eigenvalue weighted by atomic mass is 79.9. The number of halogens is 1. The Hall–Kier alpha value is -1.03. The Balaban J connectivity index is 2.34. The van der Waals surface area contributed by atoms with E-state index in [-0.39, 0.29) is 5.91 Å². The van der Waals surface area contributed by atoms with Gasteiger partial charge in [-0.25, -0.2) is 0 Å². The number of hydrogen-bond acceptors (Lipinski definition) is 2. The van der Waals surface area contributed by atoms with E-state index < -0.39 is 5.54 Å². The smallest absolute Gasteiger partial charge is 0.243 e. The van der Waals surface area contributed by atoms with Crippen LogP contribution in [0, 0.1) is 5.92 Å². The van der Waals surface area contributed by atoms with Crippen molar-refractivity contribution in [3.05, 3.63) is 28.7 Å². The fourth-order valence-corrected chi connectivity index (χ4v) is 3.54.